The molecule has 0 radical (unpaired) electrons. The van der Waals surface area contributed by atoms with E-state index in [0.717, 1.165) is 12.1 Å². The van der Waals surface area contributed by atoms with Gasteiger partial charge in [0.25, 0.3) is 5.91 Å². The van der Waals surface area contributed by atoms with Gasteiger partial charge in [-0.05, 0) is 44.0 Å². The molecule has 0 spiro atoms. The van der Waals surface area contributed by atoms with E-state index in [0.29, 0.717) is 11.3 Å². The number of rotatable bonds is 4. The van der Waals surface area contributed by atoms with E-state index in [1.165, 1.54) is 12.5 Å². The van der Waals surface area contributed by atoms with Gasteiger partial charge in [0, 0.05) is 11.7 Å². The number of hydrogen-bond acceptors (Lipinski definition) is 3. The number of carbonyl (C=O) groups excluding carboxylic acids is 2. The third-order valence-corrected chi connectivity index (χ3v) is 4.09. The highest BCUT2D eigenvalue weighted by atomic mass is 16.5. The molecule has 0 bridgehead atoms. The van der Waals surface area contributed by atoms with Gasteiger partial charge >= 0.3 is 0 Å². The van der Waals surface area contributed by atoms with Crippen molar-refractivity contribution in [3.05, 3.63) is 59.7 Å². The van der Waals surface area contributed by atoms with Crippen LogP contribution in [0.4, 0.5) is 5.69 Å². The average Bonchev–Trinajstić information content (AvgIpc) is 2.88. The van der Waals surface area contributed by atoms with E-state index in [1.54, 1.807) is 29.2 Å². The minimum atomic E-state index is -0.0965. The van der Waals surface area contributed by atoms with Crippen LogP contribution in [0.25, 0.3) is 0 Å². The number of ketones is 1. The summed E-state index contributed by atoms with van der Waals surface area (Å²) >= 11 is 0. The summed E-state index contributed by atoms with van der Waals surface area (Å²) in [5, 5.41) is 0. The number of amides is 1. The molecule has 3 rings (SSSR count). The van der Waals surface area contributed by atoms with Crippen LogP contribution in [-0.2, 0) is 11.2 Å². The van der Waals surface area contributed by atoms with Crippen LogP contribution >= 0.6 is 0 Å². The maximum absolute atomic E-state index is 12.6. The van der Waals surface area contributed by atoms with Crippen molar-refractivity contribution >= 4 is 17.4 Å². The van der Waals surface area contributed by atoms with E-state index in [2.05, 4.69) is 0 Å². The number of anilines is 1. The van der Waals surface area contributed by atoms with Gasteiger partial charge < -0.3 is 9.64 Å². The molecule has 1 unspecified atom stereocenters. The maximum atomic E-state index is 12.6. The standard InChI is InChI=1S/C19H19NO3/c1-13-11-15-7-3-5-9-17(15)20(13)19(22)12-23-18-10-6-4-8-16(18)14(2)21/h3-10,13H,11-12H2,1-2H3. The second kappa shape index (κ2) is 6.24. The van der Waals surface area contributed by atoms with E-state index in [1.807, 2.05) is 31.2 Å². The molecular formula is C19H19NO3. The van der Waals surface area contributed by atoms with Crippen molar-refractivity contribution in [2.45, 2.75) is 26.3 Å². The van der Waals surface area contributed by atoms with Crippen molar-refractivity contribution in [1.82, 2.24) is 0 Å². The number of carbonyl (C=O) groups is 2. The van der Waals surface area contributed by atoms with Crippen LogP contribution in [0.15, 0.2) is 48.5 Å². The Morgan fingerprint density at radius 1 is 1.13 bits per heavy atom. The maximum Gasteiger partial charge on any atom is 0.265 e. The van der Waals surface area contributed by atoms with Gasteiger partial charge in [-0.3, -0.25) is 9.59 Å². The molecule has 2 aromatic rings. The molecule has 1 amide bonds. The lowest BCUT2D eigenvalue weighted by atomic mass is 10.1. The van der Waals surface area contributed by atoms with Gasteiger partial charge in [-0.15, -0.1) is 0 Å². The van der Waals surface area contributed by atoms with Gasteiger partial charge in [0.2, 0.25) is 0 Å². The summed E-state index contributed by atoms with van der Waals surface area (Å²) < 4.78 is 5.62. The van der Waals surface area contributed by atoms with E-state index in [4.69, 9.17) is 4.74 Å². The summed E-state index contributed by atoms with van der Waals surface area (Å²) in [7, 11) is 0. The van der Waals surface area contributed by atoms with Gasteiger partial charge in [-0.25, -0.2) is 0 Å². The van der Waals surface area contributed by atoms with Gasteiger partial charge in [-0.1, -0.05) is 30.3 Å². The van der Waals surface area contributed by atoms with Crippen molar-refractivity contribution in [2.75, 3.05) is 11.5 Å². The minimum Gasteiger partial charge on any atom is -0.483 e. The Labute approximate surface area is 135 Å². The smallest absolute Gasteiger partial charge is 0.265 e. The zero-order valence-electron chi connectivity index (χ0n) is 13.3. The van der Waals surface area contributed by atoms with Gasteiger partial charge in [0.1, 0.15) is 5.75 Å². The minimum absolute atomic E-state index is 0.0760. The van der Waals surface area contributed by atoms with Crippen LogP contribution in [0.3, 0.4) is 0 Å². The largest absolute Gasteiger partial charge is 0.483 e. The number of Topliss-reactive ketones (excluding diaryl/α,β-unsaturated/α-hetero) is 1. The Morgan fingerprint density at radius 3 is 2.61 bits per heavy atom. The van der Waals surface area contributed by atoms with Crippen molar-refractivity contribution in [2.24, 2.45) is 0 Å². The first-order valence-electron chi connectivity index (χ1n) is 7.70. The number of nitrogens with zero attached hydrogens (tertiary/aromatic N) is 1. The molecule has 1 heterocycles. The Kier molecular flexibility index (Phi) is 4.15. The average molecular weight is 309 g/mol. The fourth-order valence-electron chi connectivity index (χ4n) is 3.04. The molecule has 0 saturated carbocycles. The summed E-state index contributed by atoms with van der Waals surface area (Å²) in [5.41, 5.74) is 2.63. The Hall–Kier alpha value is -2.62. The van der Waals surface area contributed by atoms with Gasteiger partial charge in [-0.2, -0.15) is 0 Å². The fraction of sp³-hybridized carbons (Fsp3) is 0.263. The second-order valence-electron chi connectivity index (χ2n) is 5.79. The van der Waals surface area contributed by atoms with Crippen LogP contribution in [0.5, 0.6) is 5.75 Å². The molecule has 4 nitrogen and oxygen atoms in total. The summed E-state index contributed by atoms with van der Waals surface area (Å²) in [6.07, 6.45) is 0.853. The molecule has 1 atom stereocenters. The Morgan fingerprint density at radius 2 is 1.83 bits per heavy atom. The topological polar surface area (TPSA) is 46.6 Å². The van der Waals surface area contributed by atoms with E-state index < -0.39 is 0 Å². The molecule has 0 saturated heterocycles. The first kappa shape index (κ1) is 15.3. The molecule has 1 aliphatic heterocycles. The molecule has 0 aliphatic carbocycles. The highest BCUT2D eigenvalue weighted by Crippen LogP contribution is 2.32. The predicted molar refractivity (Wildman–Crippen MR) is 89.0 cm³/mol. The lowest BCUT2D eigenvalue weighted by molar-refractivity contribution is -0.120. The highest BCUT2D eigenvalue weighted by Gasteiger charge is 2.30. The van der Waals surface area contributed by atoms with Crippen LogP contribution in [-0.4, -0.2) is 24.3 Å². The zero-order chi connectivity index (χ0) is 16.4. The third kappa shape index (κ3) is 2.97. The van der Waals surface area contributed by atoms with Crippen LogP contribution < -0.4 is 9.64 Å². The van der Waals surface area contributed by atoms with Gasteiger partial charge in [0.05, 0.1) is 5.56 Å². The number of para-hydroxylation sites is 2. The van der Waals surface area contributed by atoms with Gasteiger partial charge in [0.15, 0.2) is 12.4 Å². The highest BCUT2D eigenvalue weighted by molar-refractivity contribution is 5.98. The summed E-state index contributed by atoms with van der Waals surface area (Å²) in [6, 6.07) is 15.0. The third-order valence-electron chi connectivity index (χ3n) is 4.09. The first-order chi connectivity index (χ1) is 11.1. The molecule has 0 N–H and O–H groups in total. The van der Waals surface area contributed by atoms with Crippen molar-refractivity contribution in [3.63, 3.8) is 0 Å². The molecule has 23 heavy (non-hydrogen) atoms. The molecule has 0 fully saturated rings. The summed E-state index contributed by atoms with van der Waals surface area (Å²) in [5.74, 6) is 0.280. The van der Waals surface area contributed by atoms with E-state index in [-0.39, 0.29) is 24.3 Å². The zero-order valence-corrected chi connectivity index (χ0v) is 13.3. The lowest BCUT2D eigenvalue weighted by Crippen LogP contribution is -2.39. The van der Waals surface area contributed by atoms with E-state index in [9.17, 15) is 9.59 Å². The number of fused-ring (bicyclic) bond motifs is 1. The molecule has 4 heteroatoms. The summed E-state index contributed by atoms with van der Waals surface area (Å²) in [6.45, 7) is 3.44. The predicted octanol–water partition coefficient (Wildman–Crippen LogP) is 3.25. The SMILES string of the molecule is CC(=O)c1ccccc1OCC(=O)N1c2ccccc2CC1C. The molecular weight excluding hydrogens is 290 g/mol. The molecule has 1 aliphatic rings. The monoisotopic (exact) mass is 309 g/mol. The Balaban J connectivity index is 1.75. The lowest BCUT2D eigenvalue weighted by Gasteiger charge is -2.23. The number of benzene rings is 2. The molecule has 0 aromatic heterocycles. The summed E-state index contributed by atoms with van der Waals surface area (Å²) in [4.78, 5) is 26.0. The first-order valence-corrected chi connectivity index (χ1v) is 7.70. The quantitative estimate of drug-likeness (QED) is 0.815. The number of ether oxygens (including phenoxy) is 1. The van der Waals surface area contributed by atoms with Crippen molar-refractivity contribution in [3.8, 4) is 5.75 Å². The van der Waals surface area contributed by atoms with Crippen molar-refractivity contribution in [1.29, 1.82) is 0 Å². The van der Waals surface area contributed by atoms with E-state index >= 15 is 0 Å². The van der Waals surface area contributed by atoms with Crippen LogP contribution in [0.1, 0.15) is 29.8 Å². The molecule has 118 valence electrons. The number of hydrogen-bond donors (Lipinski definition) is 0. The van der Waals surface area contributed by atoms with Crippen molar-refractivity contribution < 1.29 is 14.3 Å². The van der Waals surface area contributed by atoms with Crippen LogP contribution in [0, 0.1) is 0 Å². The normalized spacial score (nSPS) is 16.1. The Bertz CT molecular complexity index is 754. The second-order valence-corrected chi connectivity index (χ2v) is 5.79. The molecule has 2 aromatic carbocycles. The van der Waals surface area contributed by atoms with Crippen LogP contribution in [0.2, 0.25) is 0 Å². The fourth-order valence-corrected chi connectivity index (χ4v) is 3.04.